The van der Waals surface area contributed by atoms with Crippen molar-refractivity contribution in [1.29, 1.82) is 0 Å². The lowest BCUT2D eigenvalue weighted by Crippen LogP contribution is -2.19. The largest absolute Gasteiger partial charge is 0.459 e. The van der Waals surface area contributed by atoms with E-state index in [1.807, 2.05) is 12.1 Å². The van der Waals surface area contributed by atoms with E-state index in [4.69, 9.17) is 4.74 Å². The van der Waals surface area contributed by atoms with Crippen molar-refractivity contribution >= 4 is 5.97 Å². The van der Waals surface area contributed by atoms with E-state index in [2.05, 4.69) is 6.07 Å². The zero-order valence-corrected chi connectivity index (χ0v) is 10.2. The van der Waals surface area contributed by atoms with E-state index in [-0.39, 0.29) is 12.1 Å². The predicted octanol–water partition coefficient (Wildman–Crippen LogP) is 3.76. The first-order valence-electron chi connectivity index (χ1n) is 6.54. The standard InChI is InChI=1S/C15H19O2/c16-15(13-9-5-4-6-10-13)17-14-11-7-2-1-3-8-12-14/h4-6,9,14H,1-3,7-8,11-12H2. The average Bonchev–Trinajstić information content (AvgIpc) is 2.33. The van der Waals surface area contributed by atoms with Gasteiger partial charge in [0.15, 0.2) is 0 Å². The van der Waals surface area contributed by atoms with Gasteiger partial charge in [0.25, 0.3) is 0 Å². The Hall–Kier alpha value is -1.31. The van der Waals surface area contributed by atoms with Gasteiger partial charge >= 0.3 is 5.97 Å². The van der Waals surface area contributed by atoms with Crippen molar-refractivity contribution in [2.75, 3.05) is 0 Å². The molecule has 0 spiro atoms. The summed E-state index contributed by atoms with van der Waals surface area (Å²) in [6, 6.07) is 10.1. The quantitative estimate of drug-likeness (QED) is 0.724. The summed E-state index contributed by atoms with van der Waals surface area (Å²) in [4.78, 5) is 11.9. The van der Waals surface area contributed by atoms with Crippen LogP contribution < -0.4 is 0 Å². The van der Waals surface area contributed by atoms with Crippen LogP contribution >= 0.6 is 0 Å². The second kappa shape index (κ2) is 6.43. The molecule has 1 saturated carbocycles. The van der Waals surface area contributed by atoms with Gasteiger partial charge in [-0.15, -0.1) is 0 Å². The van der Waals surface area contributed by atoms with Gasteiger partial charge in [0.2, 0.25) is 0 Å². The Bertz CT molecular complexity index is 337. The van der Waals surface area contributed by atoms with Crippen molar-refractivity contribution in [1.82, 2.24) is 0 Å². The molecule has 17 heavy (non-hydrogen) atoms. The number of carbonyl (C=O) groups is 1. The van der Waals surface area contributed by atoms with Crippen molar-refractivity contribution in [3.8, 4) is 0 Å². The molecule has 1 radical (unpaired) electrons. The van der Waals surface area contributed by atoms with Gasteiger partial charge in [-0.3, -0.25) is 0 Å². The van der Waals surface area contributed by atoms with Gasteiger partial charge in [-0.1, -0.05) is 37.5 Å². The third-order valence-corrected chi connectivity index (χ3v) is 3.25. The summed E-state index contributed by atoms with van der Waals surface area (Å²) < 4.78 is 5.54. The Morgan fingerprint density at radius 2 is 1.82 bits per heavy atom. The van der Waals surface area contributed by atoms with Gasteiger partial charge in [-0.05, 0) is 37.8 Å². The molecule has 0 aliphatic heterocycles. The van der Waals surface area contributed by atoms with Crippen LogP contribution in [0.25, 0.3) is 0 Å². The van der Waals surface area contributed by atoms with Gasteiger partial charge < -0.3 is 4.74 Å². The summed E-state index contributed by atoms with van der Waals surface area (Å²) in [6.45, 7) is 0. The SMILES string of the molecule is O=C(OC1CCCCCCC1)c1[c]cccc1. The second-order valence-corrected chi connectivity index (χ2v) is 4.65. The highest BCUT2D eigenvalue weighted by Gasteiger charge is 2.16. The van der Waals surface area contributed by atoms with E-state index in [1.165, 1.54) is 32.1 Å². The van der Waals surface area contributed by atoms with Crippen molar-refractivity contribution in [3.05, 3.63) is 35.9 Å². The minimum absolute atomic E-state index is 0.108. The van der Waals surface area contributed by atoms with E-state index in [0.717, 1.165) is 12.8 Å². The lowest BCUT2D eigenvalue weighted by Gasteiger charge is -2.20. The summed E-state index contributed by atoms with van der Waals surface area (Å²) in [5.74, 6) is -0.226. The number of hydrogen-bond donors (Lipinski definition) is 0. The van der Waals surface area contributed by atoms with E-state index >= 15 is 0 Å². The summed E-state index contributed by atoms with van der Waals surface area (Å²) in [7, 11) is 0. The lowest BCUT2D eigenvalue weighted by molar-refractivity contribution is 0.0239. The second-order valence-electron chi connectivity index (χ2n) is 4.65. The third kappa shape index (κ3) is 3.88. The van der Waals surface area contributed by atoms with Crippen LogP contribution in [0.5, 0.6) is 0 Å². The molecular formula is C15H19O2. The first-order valence-corrected chi connectivity index (χ1v) is 6.54. The average molecular weight is 231 g/mol. The van der Waals surface area contributed by atoms with E-state index in [9.17, 15) is 4.79 Å². The van der Waals surface area contributed by atoms with E-state index in [0.29, 0.717) is 5.56 Å². The fourth-order valence-electron chi connectivity index (χ4n) is 2.27. The highest BCUT2D eigenvalue weighted by molar-refractivity contribution is 5.89. The number of hydrogen-bond acceptors (Lipinski definition) is 2. The van der Waals surface area contributed by atoms with Crippen molar-refractivity contribution in [2.45, 2.75) is 51.0 Å². The number of ether oxygens (including phenoxy) is 1. The molecule has 2 heteroatoms. The van der Waals surface area contributed by atoms with Crippen LogP contribution in [-0.4, -0.2) is 12.1 Å². The maximum absolute atomic E-state index is 11.9. The molecule has 0 heterocycles. The molecule has 2 rings (SSSR count). The Labute approximate surface area is 103 Å². The van der Waals surface area contributed by atoms with Gasteiger partial charge in [0, 0.05) is 0 Å². The van der Waals surface area contributed by atoms with Gasteiger partial charge in [-0.25, -0.2) is 4.79 Å². The molecule has 0 unspecified atom stereocenters. The Morgan fingerprint density at radius 3 is 2.47 bits per heavy atom. The molecule has 0 amide bonds. The van der Waals surface area contributed by atoms with Crippen LogP contribution in [0.4, 0.5) is 0 Å². The normalized spacial score (nSPS) is 18.1. The molecule has 1 aliphatic rings. The summed E-state index contributed by atoms with van der Waals surface area (Å²) in [5, 5.41) is 0. The third-order valence-electron chi connectivity index (χ3n) is 3.25. The topological polar surface area (TPSA) is 26.3 Å². The molecule has 0 atom stereocenters. The van der Waals surface area contributed by atoms with E-state index in [1.54, 1.807) is 12.1 Å². The Kier molecular flexibility index (Phi) is 4.60. The first-order chi connectivity index (χ1) is 8.36. The van der Waals surface area contributed by atoms with Crippen LogP contribution in [0, 0.1) is 6.07 Å². The van der Waals surface area contributed by atoms with Crippen molar-refractivity contribution in [3.63, 3.8) is 0 Å². The summed E-state index contributed by atoms with van der Waals surface area (Å²) >= 11 is 0. The maximum Gasteiger partial charge on any atom is 0.339 e. The zero-order chi connectivity index (χ0) is 11.9. The molecule has 0 bridgehead atoms. The number of rotatable bonds is 2. The molecule has 1 aromatic rings. The van der Waals surface area contributed by atoms with E-state index < -0.39 is 0 Å². The summed E-state index contributed by atoms with van der Waals surface area (Å²) in [6.07, 6.45) is 8.35. The lowest BCUT2D eigenvalue weighted by atomic mass is 9.98. The van der Waals surface area contributed by atoms with Crippen molar-refractivity contribution < 1.29 is 9.53 Å². The molecule has 1 aliphatic carbocycles. The van der Waals surface area contributed by atoms with Gasteiger partial charge in [0.1, 0.15) is 6.10 Å². The van der Waals surface area contributed by atoms with Crippen LogP contribution in [-0.2, 0) is 4.74 Å². The number of esters is 1. The molecule has 1 aromatic carbocycles. The fraction of sp³-hybridized carbons (Fsp3) is 0.533. The summed E-state index contributed by atoms with van der Waals surface area (Å²) in [5.41, 5.74) is 0.537. The first kappa shape index (κ1) is 12.2. The Balaban J connectivity index is 1.88. The molecule has 91 valence electrons. The van der Waals surface area contributed by atoms with Crippen LogP contribution in [0.1, 0.15) is 55.3 Å². The van der Waals surface area contributed by atoms with Crippen molar-refractivity contribution in [2.24, 2.45) is 0 Å². The smallest absolute Gasteiger partial charge is 0.339 e. The monoisotopic (exact) mass is 231 g/mol. The number of benzene rings is 1. The minimum atomic E-state index is -0.226. The predicted molar refractivity (Wildman–Crippen MR) is 66.8 cm³/mol. The van der Waals surface area contributed by atoms with Gasteiger partial charge in [0.05, 0.1) is 5.56 Å². The highest BCUT2D eigenvalue weighted by atomic mass is 16.5. The minimum Gasteiger partial charge on any atom is -0.459 e. The molecule has 1 fully saturated rings. The molecule has 2 nitrogen and oxygen atoms in total. The van der Waals surface area contributed by atoms with Gasteiger partial charge in [-0.2, -0.15) is 0 Å². The molecule has 0 aromatic heterocycles. The Morgan fingerprint density at radius 1 is 1.12 bits per heavy atom. The van der Waals surface area contributed by atoms with Crippen LogP contribution in [0.2, 0.25) is 0 Å². The molecule has 0 saturated heterocycles. The van der Waals surface area contributed by atoms with Crippen LogP contribution in [0.15, 0.2) is 24.3 Å². The zero-order valence-electron chi connectivity index (χ0n) is 10.2. The maximum atomic E-state index is 11.9. The molecule has 0 N–H and O–H groups in total. The van der Waals surface area contributed by atoms with Crippen LogP contribution in [0.3, 0.4) is 0 Å². The fourth-order valence-corrected chi connectivity index (χ4v) is 2.27. The highest BCUT2D eigenvalue weighted by Crippen LogP contribution is 2.20. The molecular weight excluding hydrogens is 212 g/mol. The number of carbonyl (C=O) groups excluding carboxylic acids is 1.